The van der Waals surface area contributed by atoms with Crippen LogP contribution in [0, 0.1) is 0 Å². The average Bonchev–Trinajstić information content (AvgIpc) is 2.38. The maximum atomic E-state index is 10.9. The maximum absolute atomic E-state index is 10.9. The lowest BCUT2D eigenvalue weighted by molar-refractivity contribution is 0.0976. The molecular formula is C6H9N3O. The van der Waals surface area contributed by atoms with Gasteiger partial charge in [0.05, 0.1) is 0 Å². The summed E-state index contributed by atoms with van der Waals surface area (Å²) in [6, 6.07) is 0. The second kappa shape index (κ2) is 3.12. The summed E-state index contributed by atoms with van der Waals surface area (Å²) >= 11 is 0. The van der Waals surface area contributed by atoms with E-state index in [0.717, 1.165) is 0 Å². The number of rotatable bonds is 3. The van der Waals surface area contributed by atoms with E-state index in [4.69, 9.17) is 5.73 Å². The van der Waals surface area contributed by atoms with Crippen molar-refractivity contribution in [1.82, 2.24) is 9.97 Å². The van der Waals surface area contributed by atoms with Crippen molar-refractivity contribution < 1.29 is 4.79 Å². The Morgan fingerprint density at radius 3 is 3.10 bits per heavy atom. The zero-order chi connectivity index (χ0) is 7.40. The predicted octanol–water partition coefficient (Wildman–Crippen LogP) is -0.0588. The molecule has 0 aliphatic carbocycles. The van der Waals surface area contributed by atoms with Gasteiger partial charge in [0.15, 0.2) is 11.6 Å². The third-order valence-electron chi connectivity index (χ3n) is 1.13. The largest absolute Gasteiger partial charge is 0.342 e. The molecule has 0 radical (unpaired) electrons. The zero-order valence-electron chi connectivity index (χ0n) is 5.50. The molecule has 4 heteroatoms. The fraction of sp³-hybridized carbons (Fsp3) is 0.333. The van der Waals surface area contributed by atoms with Crippen LogP contribution in [-0.4, -0.2) is 22.3 Å². The number of nitrogens with two attached hydrogens (primary N) is 1. The first-order valence-corrected chi connectivity index (χ1v) is 3.07. The standard InChI is InChI=1S/C6H9N3O/c7-2-1-5(10)6-8-3-4-9-6/h3-4H,1-2,7H2,(H,8,9). The molecule has 0 atom stereocenters. The van der Waals surface area contributed by atoms with Crippen LogP contribution in [0.3, 0.4) is 0 Å². The number of carbonyl (C=O) groups is 1. The second-order valence-corrected chi connectivity index (χ2v) is 1.90. The van der Waals surface area contributed by atoms with Crippen LogP contribution in [-0.2, 0) is 0 Å². The van der Waals surface area contributed by atoms with Gasteiger partial charge in [0.1, 0.15) is 0 Å². The number of hydrogen-bond donors (Lipinski definition) is 2. The van der Waals surface area contributed by atoms with Crippen LogP contribution in [0.5, 0.6) is 0 Å². The molecule has 0 saturated heterocycles. The predicted molar refractivity (Wildman–Crippen MR) is 36.6 cm³/mol. The summed E-state index contributed by atoms with van der Waals surface area (Å²) in [6.07, 6.45) is 3.51. The highest BCUT2D eigenvalue weighted by molar-refractivity contribution is 5.92. The number of ketones is 1. The van der Waals surface area contributed by atoms with E-state index in [2.05, 4.69) is 9.97 Å². The summed E-state index contributed by atoms with van der Waals surface area (Å²) in [7, 11) is 0. The lowest BCUT2D eigenvalue weighted by Gasteiger charge is -1.90. The molecule has 0 aromatic carbocycles. The highest BCUT2D eigenvalue weighted by Gasteiger charge is 2.04. The van der Waals surface area contributed by atoms with Crippen molar-refractivity contribution in [2.45, 2.75) is 6.42 Å². The van der Waals surface area contributed by atoms with Gasteiger partial charge in [-0.1, -0.05) is 0 Å². The quantitative estimate of drug-likeness (QED) is 0.576. The van der Waals surface area contributed by atoms with Crippen LogP contribution in [0.25, 0.3) is 0 Å². The molecule has 0 unspecified atom stereocenters. The van der Waals surface area contributed by atoms with Crippen molar-refractivity contribution in [2.24, 2.45) is 5.73 Å². The number of aromatic amines is 1. The summed E-state index contributed by atoms with van der Waals surface area (Å²) in [5.41, 5.74) is 5.17. The average molecular weight is 139 g/mol. The van der Waals surface area contributed by atoms with E-state index in [1.54, 1.807) is 12.4 Å². The molecule has 3 N–H and O–H groups in total. The van der Waals surface area contributed by atoms with Gasteiger partial charge >= 0.3 is 0 Å². The van der Waals surface area contributed by atoms with Crippen LogP contribution < -0.4 is 5.73 Å². The Hall–Kier alpha value is -1.16. The molecule has 0 bridgehead atoms. The number of imidazole rings is 1. The molecule has 1 heterocycles. The second-order valence-electron chi connectivity index (χ2n) is 1.90. The molecule has 10 heavy (non-hydrogen) atoms. The maximum Gasteiger partial charge on any atom is 0.199 e. The number of Topliss-reactive ketones (excluding diaryl/α,β-unsaturated/α-hetero) is 1. The molecule has 0 amide bonds. The molecule has 0 saturated carbocycles. The van der Waals surface area contributed by atoms with Crippen molar-refractivity contribution in [3.05, 3.63) is 18.2 Å². The molecular weight excluding hydrogens is 130 g/mol. The van der Waals surface area contributed by atoms with E-state index in [1.807, 2.05) is 0 Å². The molecule has 1 rings (SSSR count). The topological polar surface area (TPSA) is 71.8 Å². The van der Waals surface area contributed by atoms with E-state index < -0.39 is 0 Å². The fourth-order valence-electron chi connectivity index (χ4n) is 0.667. The highest BCUT2D eigenvalue weighted by atomic mass is 16.1. The van der Waals surface area contributed by atoms with Gasteiger partial charge < -0.3 is 10.7 Å². The minimum Gasteiger partial charge on any atom is -0.342 e. The number of aromatic nitrogens is 2. The van der Waals surface area contributed by atoms with Crippen LogP contribution in [0.4, 0.5) is 0 Å². The van der Waals surface area contributed by atoms with Crippen molar-refractivity contribution in [2.75, 3.05) is 6.54 Å². The molecule has 0 aliphatic rings. The SMILES string of the molecule is NCCC(=O)c1ncc[nH]1. The third-order valence-corrected chi connectivity index (χ3v) is 1.13. The molecule has 0 spiro atoms. The normalized spacial score (nSPS) is 9.70. The number of hydrogen-bond acceptors (Lipinski definition) is 3. The summed E-state index contributed by atoms with van der Waals surface area (Å²) in [6.45, 7) is 0.375. The lowest BCUT2D eigenvalue weighted by atomic mass is 10.3. The van der Waals surface area contributed by atoms with E-state index in [9.17, 15) is 4.79 Å². The Kier molecular flexibility index (Phi) is 2.17. The summed E-state index contributed by atoms with van der Waals surface area (Å²) in [5.74, 6) is 0.359. The Balaban J connectivity index is 2.59. The Bertz CT molecular complexity index is 205. The fourth-order valence-corrected chi connectivity index (χ4v) is 0.667. The van der Waals surface area contributed by atoms with Crippen molar-refractivity contribution >= 4 is 5.78 Å². The Morgan fingerprint density at radius 1 is 1.80 bits per heavy atom. The van der Waals surface area contributed by atoms with Crippen molar-refractivity contribution in [1.29, 1.82) is 0 Å². The molecule has 0 fully saturated rings. The smallest absolute Gasteiger partial charge is 0.199 e. The monoisotopic (exact) mass is 139 g/mol. The van der Waals surface area contributed by atoms with Crippen molar-refractivity contribution in [3.63, 3.8) is 0 Å². The zero-order valence-corrected chi connectivity index (χ0v) is 5.50. The summed E-state index contributed by atoms with van der Waals surface area (Å²) in [4.78, 5) is 17.4. The Morgan fingerprint density at radius 2 is 2.60 bits per heavy atom. The molecule has 54 valence electrons. The first kappa shape index (κ1) is 6.95. The molecule has 0 aliphatic heterocycles. The summed E-state index contributed by atoms with van der Waals surface area (Å²) < 4.78 is 0. The van der Waals surface area contributed by atoms with Gasteiger partial charge in [-0.2, -0.15) is 0 Å². The van der Waals surface area contributed by atoms with Gasteiger partial charge in [0.2, 0.25) is 0 Å². The van der Waals surface area contributed by atoms with E-state index in [1.165, 1.54) is 0 Å². The third kappa shape index (κ3) is 1.41. The molecule has 1 aromatic heterocycles. The lowest BCUT2D eigenvalue weighted by Crippen LogP contribution is -2.09. The van der Waals surface area contributed by atoms with Gasteiger partial charge in [-0.05, 0) is 6.54 Å². The van der Waals surface area contributed by atoms with Crippen LogP contribution >= 0.6 is 0 Å². The van der Waals surface area contributed by atoms with Crippen molar-refractivity contribution in [3.8, 4) is 0 Å². The van der Waals surface area contributed by atoms with E-state index in [0.29, 0.717) is 18.8 Å². The minimum atomic E-state index is -0.0347. The Labute approximate surface area is 58.5 Å². The first-order chi connectivity index (χ1) is 4.84. The highest BCUT2D eigenvalue weighted by Crippen LogP contribution is 1.92. The molecule has 4 nitrogen and oxygen atoms in total. The van der Waals surface area contributed by atoms with Crippen LogP contribution in [0.15, 0.2) is 12.4 Å². The first-order valence-electron chi connectivity index (χ1n) is 3.07. The van der Waals surface area contributed by atoms with Crippen LogP contribution in [0.2, 0.25) is 0 Å². The number of carbonyl (C=O) groups excluding carboxylic acids is 1. The number of nitrogens with zero attached hydrogens (tertiary/aromatic N) is 1. The van der Waals surface area contributed by atoms with Gasteiger partial charge in [0, 0.05) is 18.8 Å². The van der Waals surface area contributed by atoms with Gasteiger partial charge in [0.25, 0.3) is 0 Å². The van der Waals surface area contributed by atoms with Gasteiger partial charge in [-0.3, -0.25) is 4.79 Å². The van der Waals surface area contributed by atoms with Gasteiger partial charge in [-0.25, -0.2) is 4.98 Å². The number of nitrogens with one attached hydrogen (secondary N) is 1. The van der Waals surface area contributed by atoms with E-state index >= 15 is 0 Å². The minimum absolute atomic E-state index is 0.0347. The number of H-pyrrole nitrogens is 1. The molecule has 1 aromatic rings. The van der Waals surface area contributed by atoms with E-state index in [-0.39, 0.29) is 5.78 Å². The van der Waals surface area contributed by atoms with Crippen LogP contribution in [0.1, 0.15) is 17.0 Å². The summed E-state index contributed by atoms with van der Waals surface area (Å²) in [5, 5.41) is 0. The van der Waals surface area contributed by atoms with Gasteiger partial charge in [-0.15, -0.1) is 0 Å².